The summed E-state index contributed by atoms with van der Waals surface area (Å²) in [5.41, 5.74) is 5.67. The van der Waals surface area contributed by atoms with Crippen molar-refractivity contribution in [2.75, 3.05) is 0 Å². The Morgan fingerprint density at radius 3 is 2.50 bits per heavy atom. The molecule has 0 aromatic heterocycles. The first-order valence-electron chi connectivity index (χ1n) is 5.03. The summed E-state index contributed by atoms with van der Waals surface area (Å²) < 4.78 is 0. The number of nitrogens with two attached hydrogens (primary N) is 1. The van der Waals surface area contributed by atoms with E-state index in [1.807, 2.05) is 0 Å². The first kappa shape index (κ1) is 16.2. The maximum absolute atomic E-state index is 10.3. The molecule has 3 N–H and O–H groups in total. The van der Waals surface area contributed by atoms with Crippen LogP contribution < -0.4 is 5.73 Å². The minimum absolute atomic E-state index is 0. The number of hydrogen-bond donors (Lipinski definition) is 2. The molecule has 2 atom stereocenters. The molecule has 2 unspecified atom stereocenters. The molecule has 0 aliphatic carbocycles. The second kappa shape index (κ2) is 9.28. The highest BCUT2D eigenvalue weighted by molar-refractivity contribution is 5.85. The van der Waals surface area contributed by atoms with Crippen molar-refractivity contribution < 1.29 is 9.90 Å². The van der Waals surface area contributed by atoms with E-state index in [1.165, 1.54) is 12.8 Å². The quantitative estimate of drug-likeness (QED) is 0.697. The summed E-state index contributed by atoms with van der Waals surface area (Å²) in [6.07, 6.45) is 4.48. The van der Waals surface area contributed by atoms with Gasteiger partial charge < -0.3 is 10.8 Å². The fraction of sp³-hybridized carbons (Fsp3) is 0.900. The molecule has 0 aliphatic rings. The van der Waals surface area contributed by atoms with Gasteiger partial charge in [0.25, 0.3) is 0 Å². The SMILES string of the molecule is CCCCC(C)CC(N)CC(=O)O.Cl. The van der Waals surface area contributed by atoms with Crippen LogP contribution in [0, 0.1) is 5.92 Å². The molecule has 0 aromatic carbocycles. The molecular formula is C10H22ClNO2. The van der Waals surface area contributed by atoms with Crippen molar-refractivity contribution in [1.29, 1.82) is 0 Å². The van der Waals surface area contributed by atoms with E-state index in [9.17, 15) is 4.79 Å². The average molecular weight is 224 g/mol. The zero-order chi connectivity index (χ0) is 10.3. The molecule has 0 aromatic rings. The smallest absolute Gasteiger partial charge is 0.304 e. The molecule has 0 amide bonds. The second-order valence-electron chi connectivity index (χ2n) is 3.84. The van der Waals surface area contributed by atoms with Crippen molar-refractivity contribution in [2.45, 2.75) is 52.0 Å². The van der Waals surface area contributed by atoms with Gasteiger partial charge in [-0.25, -0.2) is 0 Å². The van der Waals surface area contributed by atoms with Gasteiger partial charge in [0.15, 0.2) is 0 Å². The zero-order valence-electron chi connectivity index (χ0n) is 9.03. The number of halogens is 1. The maximum Gasteiger partial charge on any atom is 0.304 e. The summed E-state index contributed by atoms with van der Waals surface area (Å²) in [6.45, 7) is 4.29. The highest BCUT2D eigenvalue weighted by atomic mass is 35.5. The number of unbranched alkanes of at least 4 members (excludes halogenated alkanes) is 1. The van der Waals surface area contributed by atoms with Gasteiger partial charge in [-0.1, -0.05) is 33.1 Å². The standard InChI is InChI=1S/C10H21NO2.ClH/c1-3-4-5-8(2)6-9(11)7-10(12)13;/h8-9H,3-7,11H2,1-2H3,(H,12,13);1H. The van der Waals surface area contributed by atoms with E-state index < -0.39 is 5.97 Å². The third-order valence-corrected chi connectivity index (χ3v) is 2.19. The van der Waals surface area contributed by atoms with Gasteiger partial charge >= 0.3 is 5.97 Å². The molecule has 0 heterocycles. The van der Waals surface area contributed by atoms with Gasteiger partial charge in [0, 0.05) is 6.04 Å². The van der Waals surface area contributed by atoms with E-state index in [0.29, 0.717) is 5.92 Å². The number of carboxylic acids is 1. The summed E-state index contributed by atoms with van der Waals surface area (Å²) in [7, 11) is 0. The molecule has 0 saturated carbocycles. The van der Waals surface area contributed by atoms with Crippen molar-refractivity contribution in [1.82, 2.24) is 0 Å². The predicted molar refractivity (Wildman–Crippen MR) is 60.8 cm³/mol. The summed E-state index contributed by atoms with van der Waals surface area (Å²) in [4.78, 5) is 10.3. The van der Waals surface area contributed by atoms with E-state index >= 15 is 0 Å². The Balaban J connectivity index is 0. The minimum atomic E-state index is -0.796. The van der Waals surface area contributed by atoms with Crippen LogP contribution in [0.4, 0.5) is 0 Å². The molecule has 0 bridgehead atoms. The van der Waals surface area contributed by atoms with E-state index in [2.05, 4.69) is 13.8 Å². The molecule has 0 saturated heterocycles. The molecule has 14 heavy (non-hydrogen) atoms. The van der Waals surface area contributed by atoms with E-state index in [4.69, 9.17) is 10.8 Å². The number of aliphatic carboxylic acids is 1. The van der Waals surface area contributed by atoms with Crippen LogP contribution in [0.3, 0.4) is 0 Å². The third-order valence-electron chi connectivity index (χ3n) is 2.19. The largest absolute Gasteiger partial charge is 0.481 e. The van der Waals surface area contributed by atoms with Gasteiger partial charge in [-0.3, -0.25) is 4.79 Å². The van der Waals surface area contributed by atoms with Gasteiger partial charge in [0.2, 0.25) is 0 Å². The topological polar surface area (TPSA) is 63.3 Å². The van der Waals surface area contributed by atoms with Crippen molar-refractivity contribution in [3.63, 3.8) is 0 Å². The molecule has 3 nitrogen and oxygen atoms in total. The van der Waals surface area contributed by atoms with Crippen LogP contribution in [-0.4, -0.2) is 17.1 Å². The summed E-state index contributed by atoms with van der Waals surface area (Å²) in [6, 6.07) is -0.177. The summed E-state index contributed by atoms with van der Waals surface area (Å²) in [5, 5.41) is 8.49. The lowest BCUT2D eigenvalue weighted by molar-refractivity contribution is -0.137. The van der Waals surface area contributed by atoms with Gasteiger partial charge in [0.1, 0.15) is 0 Å². The van der Waals surface area contributed by atoms with Crippen LogP contribution >= 0.6 is 12.4 Å². The van der Waals surface area contributed by atoms with Crippen molar-refractivity contribution in [2.24, 2.45) is 11.7 Å². The Morgan fingerprint density at radius 1 is 1.50 bits per heavy atom. The summed E-state index contributed by atoms with van der Waals surface area (Å²) in [5.74, 6) is -0.246. The van der Waals surface area contributed by atoms with Crippen LogP contribution in [0.5, 0.6) is 0 Å². The molecule has 4 heteroatoms. The van der Waals surface area contributed by atoms with E-state index in [0.717, 1.165) is 12.8 Å². The van der Waals surface area contributed by atoms with Crippen LogP contribution in [0.2, 0.25) is 0 Å². The van der Waals surface area contributed by atoms with Crippen molar-refractivity contribution in [3.8, 4) is 0 Å². The summed E-state index contributed by atoms with van der Waals surface area (Å²) >= 11 is 0. The fourth-order valence-electron chi connectivity index (χ4n) is 1.49. The van der Waals surface area contributed by atoms with Crippen molar-refractivity contribution in [3.05, 3.63) is 0 Å². The fourth-order valence-corrected chi connectivity index (χ4v) is 1.49. The normalized spacial score (nSPS) is 14.2. The predicted octanol–water partition coefficient (Wildman–Crippen LogP) is 2.43. The Kier molecular flexibility index (Phi) is 10.7. The second-order valence-corrected chi connectivity index (χ2v) is 3.84. The molecule has 0 aliphatic heterocycles. The van der Waals surface area contributed by atoms with Crippen LogP contribution in [0.15, 0.2) is 0 Å². The average Bonchev–Trinajstić information content (AvgIpc) is 1.98. The Hall–Kier alpha value is -0.280. The van der Waals surface area contributed by atoms with E-state index in [-0.39, 0.29) is 24.9 Å². The van der Waals surface area contributed by atoms with Crippen LogP contribution in [0.25, 0.3) is 0 Å². The Labute approximate surface area is 92.5 Å². The maximum atomic E-state index is 10.3. The molecule has 0 fully saturated rings. The van der Waals surface area contributed by atoms with E-state index in [1.54, 1.807) is 0 Å². The lowest BCUT2D eigenvalue weighted by atomic mass is 9.95. The first-order valence-corrected chi connectivity index (χ1v) is 5.03. The van der Waals surface area contributed by atoms with Gasteiger partial charge in [-0.05, 0) is 12.3 Å². The number of carboxylic acid groups (broad SMARTS) is 1. The highest BCUT2D eigenvalue weighted by Crippen LogP contribution is 2.14. The third kappa shape index (κ3) is 9.81. The van der Waals surface area contributed by atoms with Crippen molar-refractivity contribution >= 4 is 18.4 Å². The molecule has 0 spiro atoms. The Morgan fingerprint density at radius 2 is 2.07 bits per heavy atom. The van der Waals surface area contributed by atoms with Gasteiger partial charge in [-0.2, -0.15) is 0 Å². The number of carbonyl (C=O) groups is 1. The van der Waals surface area contributed by atoms with Gasteiger partial charge in [0.05, 0.1) is 6.42 Å². The lowest BCUT2D eigenvalue weighted by Crippen LogP contribution is -2.25. The zero-order valence-corrected chi connectivity index (χ0v) is 9.85. The highest BCUT2D eigenvalue weighted by Gasteiger charge is 2.11. The molecule has 86 valence electrons. The molecule has 0 radical (unpaired) electrons. The van der Waals surface area contributed by atoms with Crippen LogP contribution in [0.1, 0.15) is 46.0 Å². The monoisotopic (exact) mass is 223 g/mol. The first-order chi connectivity index (χ1) is 6.06. The van der Waals surface area contributed by atoms with Crippen LogP contribution in [-0.2, 0) is 4.79 Å². The minimum Gasteiger partial charge on any atom is -0.481 e. The van der Waals surface area contributed by atoms with Gasteiger partial charge in [-0.15, -0.1) is 12.4 Å². The number of rotatable bonds is 7. The Bertz CT molecular complexity index is 153. The lowest BCUT2D eigenvalue weighted by Gasteiger charge is -2.15. The molecule has 0 rings (SSSR count). The number of hydrogen-bond acceptors (Lipinski definition) is 2. The molecular weight excluding hydrogens is 202 g/mol.